The molecule has 1 aromatic carbocycles. The summed E-state index contributed by atoms with van der Waals surface area (Å²) in [6.45, 7) is 0. The van der Waals surface area contributed by atoms with Crippen LogP contribution >= 0.6 is 24.2 Å². The fourth-order valence-electron chi connectivity index (χ4n) is 1.03. The van der Waals surface area contributed by atoms with Crippen LogP contribution in [0.2, 0.25) is 5.02 Å². The number of rotatable bonds is 2. The summed E-state index contributed by atoms with van der Waals surface area (Å²) in [5.74, 6) is -0.946. The van der Waals surface area contributed by atoms with E-state index in [1.54, 1.807) is 0 Å². The van der Waals surface area contributed by atoms with Crippen molar-refractivity contribution < 1.29 is 9.90 Å². The average molecular weight is 228 g/mol. The molecule has 0 unspecified atom stereocenters. The number of nitriles is 1. The Morgan fingerprint density at radius 2 is 2.29 bits per heavy atom. The number of hydrogen-bond donors (Lipinski definition) is 2. The van der Waals surface area contributed by atoms with Crippen LogP contribution < -0.4 is 0 Å². The summed E-state index contributed by atoms with van der Waals surface area (Å²) in [5.41, 5.74) is 0.802. The van der Waals surface area contributed by atoms with E-state index >= 15 is 0 Å². The number of thiol groups is 1. The molecule has 1 rings (SSSR count). The number of carbonyl (C=O) groups is 1. The van der Waals surface area contributed by atoms with Crippen LogP contribution in [0.3, 0.4) is 0 Å². The average Bonchev–Trinajstić information content (AvgIpc) is 2.01. The van der Waals surface area contributed by atoms with Crippen molar-refractivity contribution in [1.29, 1.82) is 5.26 Å². The Morgan fingerprint density at radius 1 is 1.64 bits per heavy atom. The normalized spacial score (nSPS) is 9.50. The monoisotopic (exact) mass is 227 g/mol. The first-order valence-corrected chi connectivity index (χ1v) is 4.50. The number of carboxylic acids is 1. The maximum Gasteiger partial charge on any atom is 0.307 e. The first-order chi connectivity index (χ1) is 6.54. The quantitative estimate of drug-likeness (QED) is 0.761. The molecule has 72 valence electrons. The lowest BCUT2D eigenvalue weighted by molar-refractivity contribution is -0.136. The fourth-order valence-corrected chi connectivity index (χ4v) is 1.72. The summed E-state index contributed by atoms with van der Waals surface area (Å²) in [6, 6.07) is 4.88. The molecule has 3 nitrogen and oxygen atoms in total. The predicted octanol–water partition coefficient (Wildman–Crippen LogP) is 2.13. The second-order valence-electron chi connectivity index (χ2n) is 2.65. The van der Waals surface area contributed by atoms with Crippen LogP contribution in [0, 0.1) is 11.3 Å². The highest BCUT2D eigenvalue weighted by Gasteiger charge is 2.08. The lowest BCUT2D eigenvalue weighted by atomic mass is 10.1. The van der Waals surface area contributed by atoms with Crippen molar-refractivity contribution in [3.63, 3.8) is 0 Å². The SMILES string of the molecule is N#Cc1c(S)cc(CC(=O)O)cc1Cl. The lowest BCUT2D eigenvalue weighted by Gasteiger charge is -2.03. The Bertz CT molecular complexity index is 402. The molecule has 0 saturated carbocycles. The van der Waals surface area contributed by atoms with Gasteiger partial charge >= 0.3 is 5.97 Å². The summed E-state index contributed by atoms with van der Waals surface area (Å²) in [4.78, 5) is 10.8. The van der Waals surface area contributed by atoms with Crippen LogP contribution in [0.4, 0.5) is 0 Å². The van der Waals surface area contributed by atoms with Gasteiger partial charge in [-0.05, 0) is 17.7 Å². The molecule has 0 aromatic heterocycles. The molecule has 0 heterocycles. The molecule has 1 N–H and O–H groups in total. The van der Waals surface area contributed by atoms with Crippen LogP contribution in [-0.2, 0) is 11.2 Å². The molecular formula is C9H6ClNO2S. The molecule has 5 heteroatoms. The minimum Gasteiger partial charge on any atom is -0.481 e. The van der Waals surface area contributed by atoms with Gasteiger partial charge in [0.1, 0.15) is 6.07 Å². The minimum atomic E-state index is -0.946. The molecule has 0 spiro atoms. The van der Waals surface area contributed by atoms with E-state index in [4.69, 9.17) is 22.0 Å². The van der Waals surface area contributed by atoms with E-state index in [9.17, 15) is 4.79 Å². The number of hydrogen-bond acceptors (Lipinski definition) is 3. The molecule has 14 heavy (non-hydrogen) atoms. The van der Waals surface area contributed by atoms with Crippen molar-refractivity contribution in [1.82, 2.24) is 0 Å². The zero-order valence-electron chi connectivity index (χ0n) is 6.99. The van der Waals surface area contributed by atoms with Crippen molar-refractivity contribution in [2.24, 2.45) is 0 Å². The minimum absolute atomic E-state index is 0.126. The zero-order valence-corrected chi connectivity index (χ0v) is 8.64. The van der Waals surface area contributed by atoms with Crippen LogP contribution in [0.5, 0.6) is 0 Å². The first kappa shape index (κ1) is 10.9. The third kappa shape index (κ3) is 2.41. The van der Waals surface area contributed by atoms with Crippen molar-refractivity contribution in [2.45, 2.75) is 11.3 Å². The molecular weight excluding hydrogens is 222 g/mol. The highest BCUT2D eigenvalue weighted by molar-refractivity contribution is 7.80. The van der Waals surface area contributed by atoms with E-state index in [-0.39, 0.29) is 17.0 Å². The number of nitrogens with zero attached hydrogens (tertiary/aromatic N) is 1. The maximum atomic E-state index is 10.4. The molecule has 0 amide bonds. The van der Waals surface area contributed by atoms with E-state index in [0.717, 1.165) is 0 Å². The number of halogens is 1. The van der Waals surface area contributed by atoms with E-state index in [1.807, 2.05) is 6.07 Å². The molecule has 1 aromatic rings. The van der Waals surface area contributed by atoms with E-state index < -0.39 is 5.97 Å². The van der Waals surface area contributed by atoms with Gasteiger partial charge in [0.25, 0.3) is 0 Å². The smallest absolute Gasteiger partial charge is 0.307 e. The second-order valence-corrected chi connectivity index (χ2v) is 3.54. The Balaban J connectivity index is 3.15. The molecule has 0 aliphatic carbocycles. The Kier molecular flexibility index (Phi) is 3.39. The van der Waals surface area contributed by atoms with Gasteiger partial charge in [0, 0.05) is 4.90 Å². The van der Waals surface area contributed by atoms with Gasteiger partial charge < -0.3 is 5.11 Å². The highest BCUT2D eigenvalue weighted by atomic mass is 35.5. The van der Waals surface area contributed by atoms with Crippen molar-refractivity contribution >= 4 is 30.2 Å². The van der Waals surface area contributed by atoms with Gasteiger partial charge in [-0.1, -0.05) is 11.6 Å². The van der Waals surface area contributed by atoms with Crippen molar-refractivity contribution in [2.75, 3.05) is 0 Å². The lowest BCUT2D eigenvalue weighted by Crippen LogP contribution is -2.00. The number of aliphatic carboxylic acids is 1. The molecule has 0 fully saturated rings. The number of carboxylic acid groups (broad SMARTS) is 1. The van der Waals surface area contributed by atoms with Crippen LogP contribution in [0.15, 0.2) is 17.0 Å². The van der Waals surface area contributed by atoms with Crippen LogP contribution in [-0.4, -0.2) is 11.1 Å². The van der Waals surface area contributed by atoms with Crippen molar-refractivity contribution in [3.8, 4) is 6.07 Å². The summed E-state index contributed by atoms with van der Waals surface area (Å²) in [7, 11) is 0. The second kappa shape index (κ2) is 4.36. The van der Waals surface area contributed by atoms with Gasteiger partial charge in [0.15, 0.2) is 0 Å². The highest BCUT2D eigenvalue weighted by Crippen LogP contribution is 2.24. The molecule has 0 radical (unpaired) electrons. The maximum absolute atomic E-state index is 10.4. The number of benzene rings is 1. The summed E-state index contributed by atoms with van der Waals surface area (Å²) in [6.07, 6.45) is -0.126. The molecule has 0 aliphatic heterocycles. The molecule has 0 bridgehead atoms. The van der Waals surface area contributed by atoms with Gasteiger partial charge in [-0.15, -0.1) is 12.6 Å². The third-order valence-corrected chi connectivity index (χ3v) is 2.25. The van der Waals surface area contributed by atoms with Gasteiger partial charge in [-0.3, -0.25) is 4.79 Å². The van der Waals surface area contributed by atoms with E-state index in [0.29, 0.717) is 10.5 Å². The summed E-state index contributed by atoms with van der Waals surface area (Å²) < 4.78 is 0. The largest absolute Gasteiger partial charge is 0.481 e. The third-order valence-electron chi connectivity index (χ3n) is 1.60. The topological polar surface area (TPSA) is 61.1 Å². The van der Waals surface area contributed by atoms with E-state index in [2.05, 4.69) is 12.6 Å². The first-order valence-electron chi connectivity index (χ1n) is 3.68. The van der Waals surface area contributed by atoms with Crippen LogP contribution in [0.1, 0.15) is 11.1 Å². The molecule has 0 aliphatic rings. The fraction of sp³-hybridized carbons (Fsp3) is 0.111. The van der Waals surface area contributed by atoms with Gasteiger partial charge in [0.2, 0.25) is 0 Å². The Labute approximate surface area is 91.3 Å². The van der Waals surface area contributed by atoms with E-state index in [1.165, 1.54) is 12.1 Å². The summed E-state index contributed by atoms with van der Waals surface area (Å²) in [5, 5.41) is 17.4. The molecule has 0 atom stereocenters. The Morgan fingerprint density at radius 3 is 2.71 bits per heavy atom. The predicted molar refractivity (Wildman–Crippen MR) is 54.8 cm³/mol. The van der Waals surface area contributed by atoms with Crippen LogP contribution in [0.25, 0.3) is 0 Å². The van der Waals surface area contributed by atoms with Crippen molar-refractivity contribution in [3.05, 3.63) is 28.3 Å². The van der Waals surface area contributed by atoms with Gasteiger partial charge in [0.05, 0.1) is 17.0 Å². The standard InChI is InChI=1S/C9H6ClNO2S/c10-7-1-5(3-9(12)13)2-8(14)6(7)4-11/h1-2,14H,3H2,(H,12,13). The Hall–Kier alpha value is -1.18. The molecule has 0 saturated heterocycles. The zero-order chi connectivity index (χ0) is 10.7. The van der Waals surface area contributed by atoms with Gasteiger partial charge in [-0.2, -0.15) is 5.26 Å². The van der Waals surface area contributed by atoms with Gasteiger partial charge in [-0.25, -0.2) is 0 Å². The summed E-state index contributed by atoms with van der Waals surface area (Å²) >= 11 is 9.79.